The van der Waals surface area contributed by atoms with Crippen molar-refractivity contribution < 1.29 is 9.59 Å². The van der Waals surface area contributed by atoms with Gasteiger partial charge in [-0.05, 0) is 29.7 Å². The summed E-state index contributed by atoms with van der Waals surface area (Å²) in [5.74, 6) is 0.148. The molecule has 0 N–H and O–H groups in total. The normalized spacial score (nSPS) is 17.0. The predicted molar refractivity (Wildman–Crippen MR) is 98.6 cm³/mol. The molecule has 6 heteroatoms. The molecule has 2 amide bonds. The molecule has 2 aliphatic heterocycles. The first-order chi connectivity index (χ1) is 12.7. The summed E-state index contributed by atoms with van der Waals surface area (Å²) in [7, 11) is 0. The highest BCUT2D eigenvalue weighted by atomic mass is 16.2. The van der Waals surface area contributed by atoms with E-state index in [9.17, 15) is 9.59 Å². The van der Waals surface area contributed by atoms with Crippen molar-refractivity contribution in [3.63, 3.8) is 0 Å². The van der Waals surface area contributed by atoms with Gasteiger partial charge in [0.2, 0.25) is 0 Å². The van der Waals surface area contributed by atoms with Gasteiger partial charge in [-0.2, -0.15) is 0 Å². The number of rotatable bonds is 1. The molecule has 1 fully saturated rings. The van der Waals surface area contributed by atoms with Gasteiger partial charge < -0.3 is 14.7 Å². The summed E-state index contributed by atoms with van der Waals surface area (Å²) in [6.45, 7) is 3.61. The number of carbonyl (C=O) groups excluding carboxylic acids is 2. The third-order valence-electron chi connectivity index (χ3n) is 5.14. The van der Waals surface area contributed by atoms with Crippen molar-refractivity contribution in [1.82, 2.24) is 14.8 Å². The molecular weight excluding hydrogens is 328 g/mol. The maximum atomic E-state index is 12.7. The van der Waals surface area contributed by atoms with Crippen LogP contribution in [0.5, 0.6) is 0 Å². The van der Waals surface area contributed by atoms with E-state index in [1.807, 2.05) is 36.4 Å². The van der Waals surface area contributed by atoms with E-state index in [1.54, 1.807) is 16.0 Å². The van der Waals surface area contributed by atoms with Crippen molar-refractivity contribution in [2.24, 2.45) is 0 Å². The molecule has 3 heterocycles. The van der Waals surface area contributed by atoms with Crippen LogP contribution in [0.15, 0.2) is 48.7 Å². The largest absolute Gasteiger partial charge is 0.353 e. The molecular formula is C20H22N4O2. The molecule has 0 spiro atoms. The summed E-state index contributed by atoms with van der Waals surface area (Å²) in [5, 5.41) is 0. The van der Waals surface area contributed by atoms with Crippen LogP contribution in [0.3, 0.4) is 0 Å². The summed E-state index contributed by atoms with van der Waals surface area (Å²) in [5.41, 5.74) is 2.41. The standard InChI is InChI=1S/C20H22N4O2/c25-19(20(26)24-10-8-16-5-1-2-6-17(16)15-24)23-13-11-22(12-14-23)18-7-3-4-9-21-18/h1-7,9H,8,10-15H2. The second-order valence-corrected chi connectivity index (χ2v) is 6.71. The topological polar surface area (TPSA) is 56.8 Å². The van der Waals surface area contributed by atoms with Crippen molar-refractivity contribution in [3.05, 3.63) is 59.8 Å². The molecule has 0 atom stereocenters. The molecule has 1 aromatic carbocycles. The van der Waals surface area contributed by atoms with Gasteiger partial charge in [0.15, 0.2) is 0 Å². The number of hydrogen-bond acceptors (Lipinski definition) is 4. The van der Waals surface area contributed by atoms with E-state index in [2.05, 4.69) is 16.0 Å². The van der Waals surface area contributed by atoms with E-state index in [0.717, 1.165) is 17.8 Å². The van der Waals surface area contributed by atoms with Crippen molar-refractivity contribution >= 4 is 17.6 Å². The Labute approximate surface area is 153 Å². The Morgan fingerprint density at radius 1 is 0.769 bits per heavy atom. The summed E-state index contributed by atoms with van der Waals surface area (Å²) >= 11 is 0. The minimum absolute atomic E-state index is 0.384. The number of hydrogen-bond donors (Lipinski definition) is 0. The highest BCUT2D eigenvalue weighted by Crippen LogP contribution is 2.19. The summed E-state index contributed by atoms with van der Waals surface area (Å²) in [6.07, 6.45) is 2.58. The predicted octanol–water partition coefficient (Wildman–Crippen LogP) is 1.32. The molecule has 1 aromatic heterocycles. The molecule has 134 valence electrons. The zero-order valence-electron chi connectivity index (χ0n) is 14.7. The number of aromatic nitrogens is 1. The van der Waals surface area contributed by atoms with Gasteiger partial charge in [-0.25, -0.2) is 4.98 Å². The van der Waals surface area contributed by atoms with Crippen LogP contribution >= 0.6 is 0 Å². The van der Waals surface area contributed by atoms with Gasteiger partial charge in [0.25, 0.3) is 0 Å². The van der Waals surface area contributed by atoms with Gasteiger partial charge in [0, 0.05) is 45.5 Å². The summed E-state index contributed by atoms with van der Waals surface area (Å²) < 4.78 is 0. The smallest absolute Gasteiger partial charge is 0.312 e. The first-order valence-corrected chi connectivity index (χ1v) is 9.03. The highest BCUT2D eigenvalue weighted by molar-refractivity contribution is 6.34. The van der Waals surface area contributed by atoms with Gasteiger partial charge in [0.05, 0.1) is 0 Å². The molecule has 0 bridgehead atoms. The van der Waals surface area contributed by atoms with E-state index >= 15 is 0 Å². The van der Waals surface area contributed by atoms with E-state index in [-0.39, 0.29) is 11.8 Å². The number of carbonyl (C=O) groups is 2. The van der Waals surface area contributed by atoms with Gasteiger partial charge in [-0.15, -0.1) is 0 Å². The molecule has 2 aliphatic rings. The third kappa shape index (κ3) is 3.27. The first-order valence-electron chi connectivity index (χ1n) is 9.03. The lowest BCUT2D eigenvalue weighted by Crippen LogP contribution is -2.54. The molecule has 26 heavy (non-hydrogen) atoms. The van der Waals surface area contributed by atoms with Crippen LogP contribution in [0, 0.1) is 0 Å². The minimum Gasteiger partial charge on any atom is -0.353 e. The van der Waals surface area contributed by atoms with Crippen LogP contribution in [0.2, 0.25) is 0 Å². The Morgan fingerprint density at radius 3 is 2.19 bits per heavy atom. The number of anilines is 1. The zero-order chi connectivity index (χ0) is 17.9. The Morgan fingerprint density at radius 2 is 1.46 bits per heavy atom. The first kappa shape index (κ1) is 16.6. The van der Waals surface area contributed by atoms with Crippen LogP contribution in [0.25, 0.3) is 0 Å². The second-order valence-electron chi connectivity index (χ2n) is 6.71. The van der Waals surface area contributed by atoms with Crippen molar-refractivity contribution in [2.45, 2.75) is 13.0 Å². The van der Waals surface area contributed by atoms with Crippen LogP contribution in [0.4, 0.5) is 5.82 Å². The van der Waals surface area contributed by atoms with E-state index in [4.69, 9.17) is 0 Å². The van der Waals surface area contributed by atoms with E-state index in [0.29, 0.717) is 39.3 Å². The van der Waals surface area contributed by atoms with E-state index < -0.39 is 0 Å². The maximum absolute atomic E-state index is 12.7. The van der Waals surface area contributed by atoms with Gasteiger partial charge in [-0.3, -0.25) is 9.59 Å². The molecule has 0 unspecified atom stereocenters. The lowest BCUT2D eigenvalue weighted by atomic mass is 10.00. The number of nitrogens with zero attached hydrogens (tertiary/aromatic N) is 4. The Bertz CT molecular complexity index is 800. The van der Waals surface area contributed by atoms with Gasteiger partial charge in [0.1, 0.15) is 5.82 Å². The summed E-state index contributed by atoms with van der Waals surface area (Å²) in [6, 6.07) is 13.9. The lowest BCUT2D eigenvalue weighted by Gasteiger charge is -2.36. The van der Waals surface area contributed by atoms with Crippen LogP contribution in [-0.2, 0) is 22.6 Å². The monoisotopic (exact) mass is 350 g/mol. The molecule has 0 radical (unpaired) electrons. The van der Waals surface area contributed by atoms with Gasteiger partial charge >= 0.3 is 11.8 Å². The maximum Gasteiger partial charge on any atom is 0.312 e. The zero-order valence-corrected chi connectivity index (χ0v) is 14.7. The second kappa shape index (κ2) is 7.15. The number of pyridine rings is 1. The Kier molecular flexibility index (Phi) is 4.56. The van der Waals surface area contributed by atoms with Crippen molar-refractivity contribution in [2.75, 3.05) is 37.6 Å². The van der Waals surface area contributed by atoms with Crippen LogP contribution < -0.4 is 4.90 Å². The fraction of sp³-hybridized carbons (Fsp3) is 0.350. The molecule has 2 aromatic rings. The Hall–Kier alpha value is -2.89. The Balaban J connectivity index is 1.36. The quantitative estimate of drug-likeness (QED) is 0.728. The molecule has 0 aliphatic carbocycles. The lowest BCUT2D eigenvalue weighted by molar-refractivity contribution is -0.152. The van der Waals surface area contributed by atoms with Gasteiger partial charge in [-0.1, -0.05) is 30.3 Å². The molecule has 1 saturated heterocycles. The summed E-state index contributed by atoms with van der Waals surface area (Å²) in [4.78, 5) is 35.2. The molecule has 6 nitrogen and oxygen atoms in total. The number of benzene rings is 1. The number of fused-ring (bicyclic) bond motifs is 1. The third-order valence-corrected chi connectivity index (χ3v) is 5.14. The van der Waals surface area contributed by atoms with Crippen LogP contribution in [0.1, 0.15) is 11.1 Å². The fourth-order valence-electron chi connectivity index (χ4n) is 3.62. The minimum atomic E-state index is -0.384. The molecule has 4 rings (SSSR count). The number of piperazine rings is 1. The van der Waals surface area contributed by atoms with Crippen molar-refractivity contribution in [3.8, 4) is 0 Å². The van der Waals surface area contributed by atoms with Crippen molar-refractivity contribution in [1.29, 1.82) is 0 Å². The highest BCUT2D eigenvalue weighted by Gasteiger charge is 2.31. The SMILES string of the molecule is O=C(C(=O)N1CCc2ccccc2C1)N1CCN(c2ccccn2)CC1. The number of amides is 2. The van der Waals surface area contributed by atoms with E-state index in [1.165, 1.54) is 5.56 Å². The molecule has 0 saturated carbocycles. The average molecular weight is 350 g/mol. The fourth-order valence-corrected chi connectivity index (χ4v) is 3.62. The van der Waals surface area contributed by atoms with Crippen LogP contribution in [-0.4, -0.2) is 59.3 Å². The average Bonchev–Trinajstić information content (AvgIpc) is 2.73.